The minimum atomic E-state index is -1.07. The zero-order valence-electron chi connectivity index (χ0n) is 19.2. The fourth-order valence-electron chi connectivity index (χ4n) is 4.54. The van der Waals surface area contributed by atoms with E-state index in [1.165, 1.54) is 12.3 Å². The fraction of sp³-hybridized carbons (Fsp3) is 0.185. The molecule has 1 aliphatic rings. The third kappa shape index (κ3) is 4.19. The average molecular weight is 487 g/mol. The second kappa shape index (κ2) is 9.00. The molecule has 0 spiro atoms. The number of aromatic carboxylic acids is 1. The maximum atomic E-state index is 12.5. The Morgan fingerprint density at radius 2 is 1.94 bits per heavy atom. The monoisotopic (exact) mass is 486 g/mol. The molecule has 3 heterocycles. The van der Waals surface area contributed by atoms with E-state index in [0.717, 1.165) is 44.4 Å². The van der Waals surface area contributed by atoms with E-state index >= 15 is 0 Å². The van der Waals surface area contributed by atoms with Gasteiger partial charge < -0.3 is 15.7 Å². The van der Waals surface area contributed by atoms with Crippen LogP contribution in [-0.4, -0.2) is 33.0 Å². The third-order valence-corrected chi connectivity index (χ3v) is 6.55. The molecule has 5 rings (SSSR count). The van der Waals surface area contributed by atoms with Crippen LogP contribution >= 0.6 is 11.6 Å². The minimum absolute atomic E-state index is 0.0151. The van der Waals surface area contributed by atoms with Crippen LogP contribution in [0.4, 0.5) is 11.4 Å². The molecule has 176 valence electrons. The van der Waals surface area contributed by atoms with Crippen molar-refractivity contribution in [3.05, 3.63) is 71.1 Å². The molecule has 1 atom stereocenters. The molecule has 0 bridgehead atoms. The Balaban J connectivity index is 1.67. The number of nitrogens with zero attached hydrogens (tertiary/aromatic N) is 2. The number of rotatable bonds is 4. The molecule has 0 saturated heterocycles. The van der Waals surface area contributed by atoms with Crippen molar-refractivity contribution in [2.75, 3.05) is 10.6 Å². The lowest BCUT2D eigenvalue weighted by molar-refractivity contribution is -0.116. The van der Waals surface area contributed by atoms with E-state index in [0.29, 0.717) is 23.6 Å². The Labute approximate surface area is 207 Å². The van der Waals surface area contributed by atoms with E-state index in [1.54, 1.807) is 12.3 Å². The molecule has 35 heavy (non-hydrogen) atoms. The quantitative estimate of drug-likeness (QED) is 0.326. The first kappa shape index (κ1) is 22.8. The number of hydrogen-bond acceptors (Lipinski definition) is 5. The summed E-state index contributed by atoms with van der Waals surface area (Å²) in [4.78, 5) is 32.2. The number of anilines is 2. The molecule has 7 nitrogen and oxygen atoms in total. The van der Waals surface area contributed by atoms with Gasteiger partial charge in [-0.15, -0.1) is 0 Å². The van der Waals surface area contributed by atoms with Gasteiger partial charge in [0.25, 0.3) is 0 Å². The van der Waals surface area contributed by atoms with Crippen molar-refractivity contribution in [1.82, 2.24) is 9.97 Å². The van der Waals surface area contributed by atoms with E-state index in [9.17, 15) is 9.59 Å². The van der Waals surface area contributed by atoms with Crippen molar-refractivity contribution in [2.24, 2.45) is 0 Å². The average Bonchev–Trinajstić information content (AvgIpc) is 2.99. The molecule has 4 aromatic rings. The second-order valence-electron chi connectivity index (χ2n) is 8.62. The largest absolute Gasteiger partial charge is 0.477 e. The maximum absolute atomic E-state index is 12.5. The van der Waals surface area contributed by atoms with Crippen LogP contribution in [-0.2, 0) is 11.2 Å². The summed E-state index contributed by atoms with van der Waals surface area (Å²) in [6.07, 6.45) is 4.37. The molecule has 2 aromatic carbocycles. The lowest BCUT2D eigenvalue weighted by atomic mass is 9.94. The molecule has 0 fully saturated rings. The molecule has 2 aromatic heterocycles. The van der Waals surface area contributed by atoms with Crippen LogP contribution in [0, 0.1) is 0 Å². The summed E-state index contributed by atoms with van der Waals surface area (Å²) in [6.45, 7) is 4.00. The van der Waals surface area contributed by atoms with Crippen molar-refractivity contribution in [3.8, 4) is 22.4 Å². The number of halogens is 1. The Morgan fingerprint density at radius 3 is 2.66 bits per heavy atom. The number of carboxylic acids is 1. The van der Waals surface area contributed by atoms with Crippen LogP contribution < -0.4 is 10.6 Å². The van der Waals surface area contributed by atoms with E-state index < -0.39 is 5.97 Å². The first-order chi connectivity index (χ1) is 16.9. The lowest BCUT2D eigenvalue weighted by Crippen LogP contribution is -2.19. The van der Waals surface area contributed by atoms with Gasteiger partial charge in [0.05, 0.1) is 17.1 Å². The number of aromatic nitrogens is 2. The zero-order valence-corrected chi connectivity index (χ0v) is 20.0. The highest BCUT2D eigenvalue weighted by atomic mass is 35.5. The molecule has 3 N–H and O–H groups in total. The second-order valence-corrected chi connectivity index (χ2v) is 9.03. The molecular weight excluding hydrogens is 464 g/mol. The Hall–Kier alpha value is -3.97. The van der Waals surface area contributed by atoms with Gasteiger partial charge in [-0.3, -0.25) is 9.78 Å². The Bertz CT molecular complexity index is 1480. The molecule has 0 unspecified atom stereocenters. The van der Waals surface area contributed by atoms with Crippen molar-refractivity contribution >= 4 is 45.6 Å². The predicted molar refractivity (Wildman–Crippen MR) is 138 cm³/mol. The van der Waals surface area contributed by atoms with Gasteiger partial charge >= 0.3 is 5.97 Å². The van der Waals surface area contributed by atoms with Gasteiger partial charge in [0.1, 0.15) is 5.69 Å². The smallest absolute Gasteiger partial charge is 0.354 e. The Kier molecular flexibility index (Phi) is 5.86. The number of carbonyl (C=O) groups is 2. The summed E-state index contributed by atoms with van der Waals surface area (Å²) in [5.41, 5.74) is 5.73. The highest BCUT2D eigenvalue weighted by Crippen LogP contribution is 2.44. The summed E-state index contributed by atoms with van der Waals surface area (Å²) < 4.78 is 0. The number of amides is 1. The highest BCUT2D eigenvalue weighted by Gasteiger charge is 2.25. The summed E-state index contributed by atoms with van der Waals surface area (Å²) in [5, 5.41) is 18.2. The highest BCUT2D eigenvalue weighted by molar-refractivity contribution is 6.33. The molecule has 0 radical (unpaired) electrons. The van der Waals surface area contributed by atoms with Gasteiger partial charge in [-0.25, -0.2) is 9.78 Å². The number of nitrogens with one attached hydrogen (secondary N) is 2. The topological polar surface area (TPSA) is 104 Å². The zero-order chi connectivity index (χ0) is 24.7. The summed E-state index contributed by atoms with van der Waals surface area (Å²) >= 11 is 6.70. The van der Waals surface area contributed by atoms with E-state index in [2.05, 4.69) is 20.6 Å². The first-order valence-electron chi connectivity index (χ1n) is 11.4. The summed E-state index contributed by atoms with van der Waals surface area (Å²) in [5.74, 6) is -1.11. The van der Waals surface area contributed by atoms with Crippen molar-refractivity contribution in [3.63, 3.8) is 0 Å². The van der Waals surface area contributed by atoms with E-state index in [4.69, 9.17) is 16.7 Å². The third-order valence-electron chi connectivity index (χ3n) is 6.21. The lowest BCUT2D eigenvalue weighted by Gasteiger charge is -2.21. The number of carboxylic acid groups (broad SMARTS) is 1. The number of benzene rings is 2. The van der Waals surface area contributed by atoms with Crippen molar-refractivity contribution in [1.29, 1.82) is 0 Å². The summed E-state index contributed by atoms with van der Waals surface area (Å²) in [7, 11) is 0. The maximum Gasteiger partial charge on any atom is 0.354 e. The van der Waals surface area contributed by atoms with Crippen molar-refractivity contribution < 1.29 is 14.7 Å². The van der Waals surface area contributed by atoms with Crippen LogP contribution in [0.1, 0.15) is 36.3 Å². The SMILES string of the molecule is CCc1c(Cl)cc(-c2cccc3cc(-c4ccc(C(=O)O)nc4)ncc23)c2c1NC(=O)C[C@@H](C)N2. The van der Waals surface area contributed by atoms with Gasteiger partial charge in [-0.1, -0.05) is 36.7 Å². The molecule has 0 aliphatic carbocycles. The van der Waals surface area contributed by atoms with E-state index in [-0.39, 0.29) is 17.6 Å². The van der Waals surface area contributed by atoms with Crippen molar-refractivity contribution in [2.45, 2.75) is 32.7 Å². The number of carbonyl (C=O) groups excluding carboxylic acids is 1. The standard InChI is InChI=1S/C27H23ClN4O3/c1-3-17-21(28)11-19(26-25(17)32-24(33)9-14(2)31-26)18-6-4-5-15-10-23(30-13-20(15)18)16-7-8-22(27(34)35)29-12-16/h4-8,10-14,31H,3,9H2,1-2H3,(H,32,33)(H,34,35)/t14-/m1/s1. The van der Waals surface area contributed by atoms with E-state index in [1.807, 2.05) is 44.2 Å². The molecular formula is C27H23ClN4O3. The normalized spacial score (nSPS) is 15.2. The summed E-state index contributed by atoms with van der Waals surface area (Å²) in [6, 6.07) is 13.0. The molecule has 0 saturated carbocycles. The van der Waals surface area contributed by atoms with Gasteiger partial charge in [-0.2, -0.15) is 0 Å². The molecule has 8 heteroatoms. The van der Waals surface area contributed by atoms with Gasteiger partial charge in [0.2, 0.25) is 5.91 Å². The number of hydrogen-bond donors (Lipinski definition) is 3. The first-order valence-corrected chi connectivity index (χ1v) is 11.7. The van der Waals surface area contributed by atoms with Gasteiger partial charge in [-0.05, 0) is 54.1 Å². The van der Waals surface area contributed by atoms with Crippen LogP contribution in [0.15, 0.2) is 54.9 Å². The van der Waals surface area contributed by atoms with Gasteiger partial charge in [0, 0.05) is 46.4 Å². The minimum Gasteiger partial charge on any atom is -0.477 e. The van der Waals surface area contributed by atoms with Crippen LogP contribution in [0.2, 0.25) is 5.02 Å². The number of pyridine rings is 2. The molecule has 1 aliphatic heterocycles. The predicted octanol–water partition coefficient (Wildman–Crippen LogP) is 6.02. The van der Waals surface area contributed by atoms with Gasteiger partial charge in [0.15, 0.2) is 0 Å². The number of fused-ring (bicyclic) bond motifs is 2. The van der Waals surface area contributed by atoms with Crippen LogP contribution in [0.3, 0.4) is 0 Å². The van der Waals surface area contributed by atoms with Crippen LogP contribution in [0.5, 0.6) is 0 Å². The Morgan fingerprint density at radius 1 is 1.11 bits per heavy atom. The molecule has 1 amide bonds. The van der Waals surface area contributed by atoms with Crippen LogP contribution in [0.25, 0.3) is 33.2 Å². The fourth-order valence-corrected chi connectivity index (χ4v) is 4.88.